The van der Waals surface area contributed by atoms with Gasteiger partial charge in [0.25, 0.3) is 0 Å². The lowest BCUT2D eigenvalue weighted by Crippen LogP contribution is -2.08. The Kier molecular flexibility index (Phi) is 6.53. The first-order chi connectivity index (χ1) is 5.70. The van der Waals surface area contributed by atoms with Crippen LogP contribution in [0.2, 0.25) is 0 Å². The second-order valence-electron chi connectivity index (χ2n) is 2.84. The minimum absolute atomic E-state index is 0.133. The molecule has 0 spiro atoms. The number of Topliss-reactive ketones (excluding diaryl/α,β-unsaturated/α-hetero) is 2. The number of ketones is 2. The number of carbonyl (C=O) groups is 2. The zero-order valence-corrected chi connectivity index (χ0v) is 7.44. The minimum Gasteiger partial charge on any atom is -0.299 e. The van der Waals surface area contributed by atoms with Crippen molar-refractivity contribution in [3.63, 3.8) is 0 Å². The van der Waals surface area contributed by atoms with Crippen LogP contribution < -0.4 is 0 Å². The highest BCUT2D eigenvalue weighted by molar-refractivity contribution is 5.99. The second kappa shape index (κ2) is 6.95. The van der Waals surface area contributed by atoms with E-state index in [1.54, 1.807) is 0 Å². The summed E-state index contributed by atoms with van der Waals surface area (Å²) in [7, 11) is 0. The first kappa shape index (κ1) is 11.3. The van der Waals surface area contributed by atoms with Gasteiger partial charge in [0.05, 0.1) is 6.42 Å². The van der Waals surface area contributed by atoms with Gasteiger partial charge in [-0.05, 0) is 6.42 Å². The average molecular weight is 174 g/mol. The standard InChI is InChI=1S/C9H15FO2/c1-2-3-4-5-8(11)6-9(12)7-10/h2-7H2,1H3. The molecule has 0 N–H and O–H groups in total. The van der Waals surface area contributed by atoms with Crippen molar-refractivity contribution in [1.82, 2.24) is 0 Å². The van der Waals surface area contributed by atoms with Crippen molar-refractivity contribution in [3.8, 4) is 0 Å². The van der Waals surface area contributed by atoms with Gasteiger partial charge in [-0.1, -0.05) is 19.8 Å². The number of hydrogen-bond acceptors (Lipinski definition) is 2. The Labute approximate surface area is 72.1 Å². The molecule has 12 heavy (non-hydrogen) atoms. The van der Waals surface area contributed by atoms with Crippen molar-refractivity contribution < 1.29 is 14.0 Å². The molecule has 0 aliphatic heterocycles. The van der Waals surface area contributed by atoms with E-state index in [-0.39, 0.29) is 12.2 Å². The molecule has 0 atom stereocenters. The van der Waals surface area contributed by atoms with Crippen LogP contribution in [0.3, 0.4) is 0 Å². The first-order valence-electron chi connectivity index (χ1n) is 4.30. The largest absolute Gasteiger partial charge is 0.299 e. The summed E-state index contributed by atoms with van der Waals surface area (Å²) >= 11 is 0. The Balaban J connectivity index is 3.40. The first-order valence-corrected chi connectivity index (χ1v) is 4.30. The van der Waals surface area contributed by atoms with E-state index in [2.05, 4.69) is 0 Å². The van der Waals surface area contributed by atoms with Gasteiger partial charge in [-0.3, -0.25) is 9.59 Å². The number of rotatable bonds is 7. The van der Waals surface area contributed by atoms with Gasteiger partial charge in [-0.15, -0.1) is 0 Å². The molecular formula is C9H15FO2. The van der Waals surface area contributed by atoms with Crippen molar-refractivity contribution in [2.75, 3.05) is 6.67 Å². The lowest BCUT2D eigenvalue weighted by Gasteiger charge is -1.96. The molecular weight excluding hydrogens is 159 g/mol. The third kappa shape index (κ3) is 6.01. The molecule has 0 unspecified atom stereocenters. The Morgan fingerprint density at radius 3 is 2.33 bits per heavy atom. The van der Waals surface area contributed by atoms with Crippen molar-refractivity contribution in [1.29, 1.82) is 0 Å². The fraction of sp³-hybridized carbons (Fsp3) is 0.778. The van der Waals surface area contributed by atoms with Crippen LogP contribution >= 0.6 is 0 Å². The second-order valence-corrected chi connectivity index (χ2v) is 2.84. The molecule has 0 aromatic heterocycles. The van der Waals surface area contributed by atoms with Crippen LogP contribution in [0.1, 0.15) is 39.0 Å². The number of hydrogen-bond donors (Lipinski definition) is 0. The Morgan fingerprint density at radius 1 is 1.17 bits per heavy atom. The Morgan fingerprint density at radius 2 is 1.83 bits per heavy atom. The number of unbranched alkanes of at least 4 members (excludes halogenated alkanes) is 2. The zero-order chi connectivity index (χ0) is 9.40. The lowest BCUT2D eigenvalue weighted by atomic mass is 10.1. The number of halogens is 1. The van der Waals surface area contributed by atoms with Gasteiger partial charge in [-0.2, -0.15) is 0 Å². The maximum Gasteiger partial charge on any atom is 0.171 e. The fourth-order valence-corrected chi connectivity index (χ4v) is 0.928. The molecule has 0 aromatic carbocycles. The fourth-order valence-electron chi connectivity index (χ4n) is 0.928. The predicted molar refractivity (Wildman–Crippen MR) is 44.7 cm³/mol. The van der Waals surface area contributed by atoms with Crippen molar-refractivity contribution in [2.24, 2.45) is 0 Å². The molecule has 0 fully saturated rings. The third-order valence-corrected chi connectivity index (χ3v) is 1.60. The van der Waals surface area contributed by atoms with Gasteiger partial charge >= 0.3 is 0 Å². The molecule has 0 heterocycles. The van der Waals surface area contributed by atoms with Gasteiger partial charge < -0.3 is 0 Å². The van der Waals surface area contributed by atoms with E-state index in [4.69, 9.17) is 0 Å². The summed E-state index contributed by atoms with van der Waals surface area (Å²) < 4.78 is 11.6. The Hall–Kier alpha value is -0.730. The molecule has 0 saturated heterocycles. The topological polar surface area (TPSA) is 34.1 Å². The molecule has 3 heteroatoms. The van der Waals surface area contributed by atoms with E-state index in [0.29, 0.717) is 6.42 Å². The molecule has 70 valence electrons. The van der Waals surface area contributed by atoms with Crippen LogP contribution in [-0.4, -0.2) is 18.2 Å². The van der Waals surface area contributed by atoms with Gasteiger partial charge in [0.15, 0.2) is 5.78 Å². The normalized spacial score (nSPS) is 9.83. The summed E-state index contributed by atoms with van der Waals surface area (Å²) in [5.74, 6) is -0.734. The molecule has 2 nitrogen and oxygen atoms in total. The van der Waals surface area contributed by atoms with Gasteiger partial charge in [-0.25, -0.2) is 4.39 Å². The van der Waals surface area contributed by atoms with Crippen LogP contribution in [0, 0.1) is 0 Å². The smallest absolute Gasteiger partial charge is 0.171 e. The molecule has 0 saturated carbocycles. The molecule has 0 bridgehead atoms. The van der Waals surface area contributed by atoms with E-state index < -0.39 is 12.5 Å². The summed E-state index contributed by atoms with van der Waals surface area (Å²) in [5.41, 5.74) is 0. The highest BCUT2D eigenvalue weighted by Crippen LogP contribution is 2.02. The highest BCUT2D eigenvalue weighted by Gasteiger charge is 2.07. The van der Waals surface area contributed by atoms with Gasteiger partial charge in [0, 0.05) is 6.42 Å². The summed E-state index contributed by atoms with van der Waals surface area (Å²) in [6, 6.07) is 0. The molecule has 0 aliphatic rings. The van der Waals surface area contributed by atoms with Crippen LogP contribution in [-0.2, 0) is 9.59 Å². The molecule has 0 amide bonds. The molecule has 0 radical (unpaired) electrons. The molecule has 0 rings (SSSR count). The van der Waals surface area contributed by atoms with Crippen molar-refractivity contribution in [3.05, 3.63) is 0 Å². The monoisotopic (exact) mass is 174 g/mol. The quantitative estimate of drug-likeness (QED) is 0.437. The number of alkyl halides is 1. The van der Waals surface area contributed by atoms with E-state index in [9.17, 15) is 14.0 Å². The maximum atomic E-state index is 11.6. The van der Waals surface area contributed by atoms with Gasteiger partial charge in [0.2, 0.25) is 0 Å². The summed E-state index contributed by atoms with van der Waals surface area (Å²) in [4.78, 5) is 21.4. The van der Waals surface area contributed by atoms with Crippen LogP contribution in [0.4, 0.5) is 4.39 Å². The molecule has 0 aromatic rings. The van der Waals surface area contributed by atoms with E-state index in [1.165, 1.54) is 0 Å². The summed E-state index contributed by atoms with van der Waals surface area (Å²) in [6.45, 7) is 1.02. The van der Waals surface area contributed by atoms with Crippen LogP contribution in [0.25, 0.3) is 0 Å². The third-order valence-electron chi connectivity index (χ3n) is 1.60. The SMILES string of the molecule is CCCCCC(=O)CC(=O)CF. The Bertz CT molecular complexity index is 155. The van der Waals surface area contributed by atoms with E-state index in [1.807, 2.05) is 6.92 Å². The maximum absolute atomic E-state index is 11.6. The summed E-state index contributed by atoms with van der Waals surface area (Å²) in [5, 5.41) is 0. The van der Waals surface area contributed by atoms with Crippen LogP contribution in [0.15, 0.2) is 0 Å². The zero-order valence-electron chi connectivity index (χ0n) is 7.44. The lowest BCUT2D eigenvalue weighted by molar-refractivity contribution is -0.127. The summed E-state index contributed by atoms with van der Waals surface area (Å²) in [6.07, 6.45) is 3.05. The van der Waals surface area contributed by atoms with E-state index >= 15 is 0 Å². The van der Waals surface area contributed by atoms with Gasteiger partial charge in [0.1, 0.15) is 12.5 Å². The number of carbonyl (C=O) groups excluding carboxylic acids is 2. The predicted octanol–water partition coefficient (Wildman–Crippen LogP) is 2.06. The molecule has 0 aliphatic carbocycles. The average Bonchev–Trinajstić information content (AvgIpc) is 2.05. The van der Waals surface area contributed by atoms with E-state index in [0.717, 1.165) is 19.3 Å². The minimum atomic E-state index is -1.01. The van der Waals surface area contributed by atoms with Crippen molar-refractivity contribution in [2.45, 2.75) is 39.0 Å². The van der Waals surface area contributed by atoms with Crippen molar-refractivity contribution >= 4 is 11.6 Å². The van der Waals surface area contributed by atoms with Crippen LogP contribution in [0.5, 0.6) is 0 Å². The highest BCUT2D eigenvalue weighted by atomic mass is 19.1.